The number of dihydropyridines is 1. The van der Waals surface area contributed by atoms with Crippen molar-refractivity contribution in [3.8, 4) is 0 Å². The Hall–Kier alpha value is -1.99. The standard InChI is InChI=1S/C13H14F3N3O2/c1-8-3-2-4-19(7-8)12(21)18-10-5-9(13(14,15)16)6-17-11(10)20/h5-6,8H,2-4,7H2,1H3/b18-10-. The summed E-state index contributed by atoms with van der Waals surface area (Å²) in [6, 6.07) is -0.695. The second-order valence-electron chi connectivity index (χ2n) is 5.13. The summed E-state index contributed by atoms with van der Waals surface area (Å²) < 4.78 is 37.7. The molecule has 0 aliphatic carbocycles. The van der Waals surface area contributed by atoms with E-state index in [0.717, 1.165) is 12.8 Å². The zero-order chi connectivity index (χ0) is 15.6. The van der Waals surface area contributed by atoms with Gasteiger partial charge in [-0.15, -0.1) is 0 Å². The van der Waals surface area contributed by atoms with Crippen LogP contribution in [-0.4, -0.2) is 48.0 Å². The number of amides is 3. The van der Waals surface area contributed by atoms with Crippen LogP contribution in [-0.2, 0) is 4.79 Å². The average molecular weight is 301 g/mol. The van der Waals surface area contributed by atoms with Crippen molar-refractivity contribution in [3.05, 3.63) is 11.6 Å². The minimum Gasteiger partial charge on any atom is -0.323 e. The third kappa shape index (κ3) is 3.77. The number of nitrogens with zero attached hydrogens (tertiary/aromatic N) is 3. The summed E-state index contributed by atoms with van der Waals surface area (Å²) in [6.07, 6.45) is -1.84. The highest BCUT2D eigenvalue weighted by molar-refractivity contribution is 6.48. The quantitative estimate of drug-likeness (QED) is 0.689. The van der Waals surface area contributed by atoms with Crippen molar-refractivity contribution in [2.24, 2.45) is 15.9 Å². The molecule has 1 saturated heterocycles. The minimum atomic E-state index is -4.63. The molecule has 0 aromatic carbocycles. The summed E-state index contributed by atoms with van der Waals surface area (Å²) in [6.45, 7) is 2.96. The lowest BCUT2D eigenvalue weighted by Crippen LogP contribution is -2.38. The van der Waals surface area contributed by atoms with Crippen LogP contribution in [0.5, 0.6) is 0 Å². The summed E-state index contributed by atoms with van der Waals surface area (Å²) in [5, 5.41) is 0. The number of allylic oxidation sites excluding steroid dienone is 1. The second kappa shape index (κ2) is 5.79. The van der Waals surface area contributed by atoms with Crippen LogP contribution in [0.4, 0.5) is 18.0 Å². The number of halogens is 3. The average Bonchev–Trinajstić information content (AvgIpc) is 2.40. The van der Waals surface area contributed by atoms with Crippen molar-refractivity contribution in [2.75, 3.05) is 13.1 Å². The molecule has 0 N–H and O–H groups in total. The maximum absolute atomic E-state index is 12.6. The number of piperidine rings is 1. The normalized spacial score (nSPS) is 25.2. The molecule has 2 aliphatic rings. The number of aliphatic imine (C=N–C) groups is 2. The molecule has 1 unspecified atom stereocenters. The molecular weight excluding hydrogens is 287 g/mol. The first kappa shape index (κ1) is 15.4. The fourth-order valence-electron chi connectivity index (χ4n) is 2.21. The van der Waals surface area contributed by atoms with E-state index >= 15 is 0 Å². The Bertz CT molecular complexity index is 549. The first-order valence-electron chi connectivity index (χ1n) is 6.52. The van der Waals surface area contributed by atoms with Crippen molar-refractivity contribution in [1.29, 1.82) is 0 Å². The number of hydrogen-bond acceptors (Lipinski definition) is 2. The lowest BCUT2D eigenvalue weighted by molar-refractivity contribution is -0.111. The fourth-order valence-corrected chi connectivity index (χ4v) is 2.21. The second-order valence-corrected chi connectivity index (χ2v) is 5.13. The predicted molar refractivity (Wildman–Crippen MR) is 70.4 cm³/mol. The zero-order valence-electron chi connectivity index (χ0n) is 11.4. The Labute approximate surface area is 119 Å². The number of rotatable bonds is 0. The van der Waals surface area contributed by atoms with E-state index < -0.39 is 29.4 Å². The summed E-state index contributed by atoms with van der Waals surface area (Å²) in [5.74, 6) is -0.634. The van der Waals surface area contributed by atoms with Crippen LogP contribution in [0.3, 0.4) is 0 Å². The van der Waals surface area contributed by atoms with Crippen molar-refractivity contribution in [2.45, 2.75) is 25.9 Å². The van der Waals surface area contributed by atoms with E-state index in [2.05, 4.69) is 9.98 Å². The number of urea groups is 1. The zero-order valence-corrected chi connectivity index (χ0v) is 11.4. The molecule has 0 bridgehead atoms. The molecule has 2 heterocycles. The van der Waals surface area contributed by atoms with E-state index in [0.29, 0.717) is 31.3 Å². The van der Waals surface area contributed by atoms with Gasteiger partial charge in [-0.2, -0.15) is 18.2 Å². The lowest BCUT2D eigenvalue weighted by Gasteiger charge is -2.29. The molecule has 21 heavy (non-hydrogen) atoms. The van der Waals surface area contributed by atoms with Gasteiger partial charge >= 0.3 is 12.2 Å². The highest BCUT2D eigenvalue weighted by Crippen LogP contribution is 2.25. The Morgan fingerprint density at radius 2 is 2.19 bits per heavy atom. The molecule has 3 amide bonds. The number of carbonyl (C=O) groups excluding carboxylic acids is 2. The van der Waals surface area contributed by atoms with Crippen LogP contribution >= 0.6 is 0 Å². The Morgan fingerprint density at radius 1 is 1.48 bits per heavy atom. The van der Waals surface area contributed by atoms with Crippen molar-refractivity contribution in [1.82, 2.24) is 4.90 Å². The molecule has 2 aliphatic heterocycles. The van der Waals surface area contributed by atoms with Gasteiger partial charge < -0.3 is 4.90 Å². The van der Waals surface area contributed by atoms with Gasteiger partial charge in [0.25, 0.3) is 5.91 Å². The predicted octanol–water partition coefficient (Wildman–Crippen LogP) is 2.38. The van der Waals surface area contributed by atoms with Gasteiger partial charge in [0.15, 0.2) is 0 Å². The smallest absolute Gasteiger partial charge is 0.323 e. The Balaban J connectivity index is 2.19. The molecule has 0 aromatic rings. The van der Waals surface area contributed by atoms with Crippen molar-refractivity contribution in [3.63, 3.8) is 0 Å². The number of hydrogen-bond donors (Lipinski definition) is 0. The fraction of sp³-hybridized carbons (Fsp3) is 0.538. The first-order chi connectivity index (χ1) is 9.77. The van der Waals surface area contributed by atoms with Gasteiger partial charge in [0.05, 0.1) is 5.57 Å². The van der Waals surface area contributed by atoms with E-state index in [1.54, 1.807) is 0 Å². The third-order valence-electron chi connectivity index (χ3n) is 3.30. The largest absolute Gasteiger partial charge is 0.417 e. The van der Waals surface area contributed by atoms with E-state index in [1.165, 1.54) is 4.90 Å². The van der Waals surface area contributed by atoms with Crippen LogP contribution in [0.15, 0.2) is 21.6 Å². The lowest BCUT2D eigenvalue weighted by atomic mass is 10.0. The summed E-state index contributed by atoms with van der Waals surface area (Å²) >= 11 is 0. The number of likely N-dealkylation sites (tertiary alicyclic amines) is 1. The van der Waals surface area contributed by atoms with Crippen LogP contribution in [0, 0.1) is 5.92 Å². The van der Waals surface area contributed by atoms with Gasteiger partial charge in [-0.25, -0.2) is 9.79 Å². The van der Waals surface area contributed by atoms with E-state index in [4.69, 9.17) is 0 Å². The van der Waals surface area contributed by atoms with Gasteiger partial charge in [0, 0.05) is 19.3 Å². The summed E-state index contributed by atoms with van der Waals surface area (Å²) in [7, 11) is 0. The minimum absolute atomic E-state index is 0.309. The first-order valence-corrected chi connectivity index (χ1v) is 6.52. The molecule has 2 rings (SSSR count). The molecule has 1 atom stereocenters. The maximum atomic E-state index is 12.6. The number of alkyl halides is 3. The molecular formula is C13H14F3N3O2. The van der Waals surface area contributed by atoms with Gasteiger partial charge in [0.2, 0.25) is 0 Å². The van der Waals surface area contributed by atoms with E-state index in [1.807, 2.05) is 6.92 Å². The van der Waals surface area contributed by atoms with Gasteiger partial charge in [0.1, 0.15) is 5.71 Å². The van der Waals surface area contributed by atoms with E-state index in [9.17, 15) is 22.8 Å². The molecule has 0 saturated carbocycles. The SMILES string of the molecule is CC1CCCN(C(=O)/N=C2/C=C(C(F)(F)F)C=NC2=O)C1. The molecule has 5 nitrogen and oxygen atoms in total. The third-order valence-corrected chi connectivity index (χ3v) is 3.30. The Kier molecular flexibility index (Phi) is 4.24. The molecule has 0 spiro atoms. The van der Waals surface area contributed by atoms with Crippen molar-refractivity contribution < 1.29 is 22.8 Å². The van der Waals surface area contributed by atoms with Gasteiger partial charge in [-0.3, -0.25) is 4.79 Å². The summed E-state index contributed by atoms with van der Waals surface area (Å²) in [4.78, 5) is 31.4. The van der Waals surface area contributed by atoms with Crippen LogP contribution < -0.4 is 0 Å². The van der Waals surface area contributed by atoms with Crippen molar-refractivity contribution >= 4 is 23.9 Å². The van der Waals surface area contributed by atoms with Crippen LogP contribution in [0.1, 0.15) is 19.8 Å². The molecule has 0 radical (unpaired) electrons. The van der Waals surface area contributed by atoms with Gasteiger partial charge in [-0.1, -0.05) is 6.92 Å². The molecule has 114 valence electrons. The Morgan fingerprint density at radius 3 is 2.81 bits per heavy atom. The molecule has 0 aromatic heterocycles. The summed E-state index contributed by atoms with van der Waals surface area (Å²) in [5.41, 5.74) is -1.67. The van der Waals surface area contributed by atoms with Crippen LogP contribution in [0.25, 0.3) is 0 Å². The number of carbonyl (C=O) groups is 2. The maximum Gasteiger partial charge on any atom is 0.417 e. The van der Waals surface area contributed by atoms with Crippen LogP contribution in [0.2, 0.25) is 0 Å². The molecule has 8 heteroatoms. The topological polar surface area (TPSA) is 62.1 Å². The monoisotopic (exact) mass is 301 g/mol. The highest BCUT2D eigenvalue weighted by atomic mass is 19.4. The highest BCUT2D eigenvalue weighted by Gasteiger charge is 2.35. The molecule has 1 fully saturated rings. The van der Waals surface area contributed by atoms with Gasteiger partial charge in [-0.05, 0) is 24.8 Å². The van der Waals surface area contributed by atoms with E-state index in [-0.39, 0.29) is 0 Å².